The molecule has 1 aromatic heterocycles. The Morgan fingerprint density at radius 2 is 2.05 bits per heavy atom. The Morgan fingerprint density at radius 1 is 1.42 bits per heavy atom. The summed E-state index contributed by atoms with van der Waals surface area (Å²) in [5.74, 6) is 0.406. The van der Waals surface area contributed by atoms with Crippen molar-refractivity contribution in [2.24, 2.45) is 0 Å². The number of anilines is 1. The van der Waals surface area contributed by atoms with Crippen LogP contribution in [0.15, 0.2) is 0 Å². The first-order valence-corrected chi connectivity index (χ1v) is 7.87. The van der Waals surface area contributed by atoms with Gasteiger partial charge >= 0.3 is 0 Å². The molecular weight excluding hydrogens is 260 g/mol. The van der Waals surface area contributed by atoms with E-state index in [2.05, 4.69) is 32.6 Å². The summed E-state index contributed by atoms with van der Waals surface area (Å²) in [5, 5.41) is 10.5. The topological polar surface area (TPSA) is 45.6 Å². The van der Waals surface area contributed by atoms with Crippen molar-refractivity contribution in [3.8, 4) is 0 Å². The Hall–Kier alpha value is -0.650. The molecule has 0 radical (unpaired) electrons. The Kier molecular flexibility index (Phi) is 4.81. The van der Waals surface area contributed by atoms with Gasteiger partial charge in [-0.1, -0.05) is 25.2 Å². The molecule has 1 aliphatic rings. The van der Waals surface area contributed by atoms with E-state index in [0.29, 0.717) is 5.92 Å². The third-order valence-corrected chi connectivity index (χ3v) is 4.75. The van der Waals surface area contributed by atoms with Crippen molar-refractivity contribution < 1.29 is 9.84 Å². The van der Waals surface area contributed by atoms with Crippen LogP contribution in [0.5, 0.6) is 0 Å². The van der Waals surface area contributed by atoms with E-state index in [0.717, 1.165) is 35.2 Å². The van der Waals surface area contributed by atoms with Gasteiger partial charge in [0.1, 0.15) is 0 Å². The summed E-state index contributed by atoms with van der Waals surface area (Å²) in [5.41, 5.74) is 1.07. The van der Waals surface area contributed by atoms with E-state index < -0.39 is 0 Å². The lowest BCUT2D eigenvalue weighted by atomic mass is 10.0. The second kappa shape index (κ2) is 6.20. The average molecular weight is 284 g/mol. The highest BCUT2D eigenvalue weighted by molar-refractivity contribution is 7.15. The molecule has 0 bridgehead atoms. The lowest BCUT2D eigenvalue weighted by Gasteiger charge is -2.35. The number of aliphatic hydroxyl groups is 1. The van der Waals surface area contributed by atoms with Gasteiger partial charge in [0.05, 0.1) is 29.4 Å². The number of thiazole rings is 1. The predicted octanol–water partition coefficient (Wildman–Crippen LogP) is 2.76. The van der Waals surface area contributed by atoms with Gasteiger partial charge in [-0.3, -0.25) is 0 Å². The van der Waals surface area contributed by atoms with Crippen LogP contribution in [0.1, 0.15) is 50.6 Å². The molecule has 2 heterocycles. The van der Waals surface area contributed by atoms with E-state index in [1.807, 2.05) is 0 Å². The summed E-state index contributed by atoms with van der Waals surface area (Å²) in [6, 6.07) is 0. The molecule has 0 aromatic carbocycles. The second-order valence-corrected chi connectivity index (χ2v) is 6.50. The summed E-state index contributed by atoms with van der Waals surface area (Å²) in [6.07, 6.45) is 1.51. The second-order valence-electron chi connectivity index (χ2n) is 5.43. The molecule has 0 aliphatic carbocycles. The molecule has 1 fully saturated rings. The van der Waals surface area contributed by atoms with Crippen LogP contribution in [0.3, 0.4) is 0 Å². The fourth-order valence-electron chi connectivity index (χ4n) is 2.51. The summed E-state index contributed by atoms with van der Waals surface area (Å²) in [7, 11) is 0. The molecule has 1 saturated heterocycles. The van der Waals surface area contributed by atoms with Crippen molar-refractivity contribution in [2.75, 3.05) is 18.0 Å². The Balaban J connectivity index is 2.22. The lowest BCUT2D eigenvalue weighted by Crippen LogP contribution is -2.45. The molecule has 3 unspecified atom stereocenters. The van der Waals surface area contributed by atoms with Crippen LogP contribution in [-0.4, -0.2) is 35.4 Å². The van der Waals surface area contributed by atoms with Crippen LogP contribution in [0.4, 0.5) is 5.13 Å². The van der Waals surface area contributed by atoms with Gasteiger partial charge in [0.2, 0.25) is 0 Å². The van der Waals surface area contributed by atoms with Crippen molar-refractivity contribution in [3.05, 3.63) is 10.6 Å². The van der Waals surface area contributed by atoms with E-state index >= 15 is 0 Å². The van der Waals surface area contributed by atoms with E-state index in [-0.39, 0.29) is 18.8 Å². The molecule has 19 heavy (non-hydrogen) atoms. The zero-order valence-corrected chi connectivity index (χ0v) is 13.0. The molecule has 108 valence electrons. The molecule has 0 spiro atoms. The molecule has 1 aromatic rings. The normalized spacial score (nSPS) is 25.6. The molecular formula is C14H24N2O2S. The van der Waals surface area contributed by atoms with Gasteiger partial charge in [-0.05, 0) is 26.2 Å². The molecule has 4 nitrogen and oxygen atoms in total. The summed E-state index contributed by atoms with van der Waals surface area (Å²) in [6.45, 7) is 10.4. The number of hydrogen-bond acceptors (Lipinski definition) is 5. The van der Waals surface area contributed by atoms with Crippen LogP contribution in [0.2, 0.25) is 0 Å². The van der Waals surface area contributed by atoms with Crippen LogP contribution in [0.25, 0.3) is 0 Å². The Morgan fingerprint density at radius 3 is 2.58 bits per heavy atom. The minimum Gasteiger partial charge on any atom is -0.391 e. The van der Waals surface area contributed by atoms with Gasteiger partial charge in [-0.15, -0.1) is 0 Å². The third kappa shape index (κ3) is 3.27. The summed E-state index contributed by atoms with van der Waals surface area (Å²) < 4.78 is 5.76. The Bertz CT molecular complexity index is 412. The largest absolute Gasteiger partial charge is 0.391 e. The fraction of sp³-hybridized carbons (Fsp3) is 0.786. The smallest absolute Gasteiger partial charge is 0.186 e. The monoisotopic (exact) mass is 284 g/mol. The van der Waals surface area contributed by atoms with Gasteiger partial charge in [0.25, 0.3) is 0 Å². The number of nitrogens with zero attached hydrogens (tertiary/aromatic N) is 2. The minimum absolute atomic E-state index is 0.0901. The highest BCUT2D eigenvalue weighted by Crippen LogP contribution is 2.33. The van der Waals surface area contributed by atoms with Gasteiger partial charge in [-0.25, -0.2) is 4.98 Å². The molecule has 1 aliphatic heterocycles. The maximum absolute atomic E-state index is 9.51. The molecule has 0 saturated carbocycles. The first kappa shape index (κ1) is 14.8. The van der Waals surface area contributed by atoms with E-state index in [1.54, 1.807) is 11.3 Å². The lowest BCUT2D eigenvalue weighted by molar-refractivity contribution is -0.00523. The van der Waals surface area contributed by atoms with Crippen LogP contribution < -0.4 is 4.90 Å². The first-order chi connectivity index (χ1) is 9.05. The highest BCUT2D eigenvalue weighted by atomic mass is 32.1. The number of ether oxygens (including phenoxy) is 1. The molecule has 5 heteroatoms. The van der Waals surface area contributed by atoms with Crippen LogP contribution >= 0.6 is 11.3 Å². The highest BCUT2D eigenvalue weighted by Gasteiger charge is 2.26. The molecule has 0 amide bonds. The summed E-state index contributed by atoms with van der Waals surface area (Å²) in [4.78, 5) is 8.07. The summed E-state index contributed by atoms with van der Waals surface area (Å²) >= 11 is 1.62. The fourth-order valence-corrected chi connectivity index (χ4v) is 3.57. The number of morpholine rings is 1. The van der Waals surface area contributed by atoms with Crippen molar-refractivity contribution in [3.63, 3.8) is 0 Å². The predicted molar refractivity (Wildman–Crippen MR) is 79.0 cm³/mol. The third-order valence-electron chi connectivity index (χ3n) is 3.63. The van der Waals surface area contributed by atoms with Gasteiger partial charge < -0.3 is 14.7 Å². The van der Waals surface area contributed by atoms with E-state index in [1.165, 1.54) is 0 Å². The quantitative estimate of drug-likeness (QED) is 0.923. The average Bonchev–Trinajstić information content (AvgIpc) is 2.80. The molecule has 1 N–H and O–H groups in total. The van der Waals surface area contributed by atoms with Gasteiger partial charge in [-0.2, -0.15) is 0 Å². The molecule has 3 atom stereocenters. The zero-order valence-electron chi connectivity index (χ0n) is 12.2. The van der Waals surface area contributed by atoms with Crippen LogP contribution in [0, 0.1) is 0 Å². The number of aromatic nitrogens is 1. The first-order valence-electron chi connectivity index (χ1n) is 7.06. The SMILES string of the molecule is CCC(C)c1nc(N2CC(C)OC(C)C2)sc1CO. The maximum atomic E-state index is 9.51. The van der Waals surface area contributed by atoms with Crippen LogP contribution in [-0.2, 0) is 11.3 Å². The van der Waals surface area contributed by atoms with E-state index in [4.69, 9.17) is 9.72 Å². The Labute approximate surface area is 119 Å². The van der Waals surface area contributed by atoms with Gasteiger partial charge in [0.15, 0.2) is 5.13 Å². The van der Waals surface area contributed by atoms with E-state index in [9.17, 15) is 5.11 Å². The molecule has 2 rings (SSSR count). The standard InChI is InChI=1S/C14H24N2O2S/c1-5-9(2)13-12(8-17)19-14(15-13)16-6-10(3)18-11(4)7-16/h9-11,17H,5-8H2,1-4H3. The minimum atomic E-state index is 0.0901. The van der Waals surface area contributed by atoms with Crippen molar-refractivity contribution >= 4 is 16.5 Å². The number of rotatable bonds is 4. The van der Waals surface area contributed by atoms with Crippen molar-refractivity contribution in [1.82, 2.24) is 4.98 Å². The zero-order chi connectivity index (χ0) is 14.0. The maximum Gasteiger partial charge on any atom is 0.186 e. The van der Waals surface area contributed by atoms with Crippen molar-refractivity contribution in [2.45, 2.75) is 58.8 Å². The van der Waals surface area contributed by atoms with Gasteiger partial charge in [0, 0.05) is 13.1 Å². The van der Waals surface area contributed by atoms with Crippen molar-refractivity contribution in [1.29, 1.82) is 0 Å². The number of aliphatic hydroxyl groups excluding tert-OH is 1. The number of hydrogen-bond donors (Lipinski definition) is 1.